The van der Waals surface area contributed by atoms with Crippen LogP contribution in [0.5, 0.6) is 5.75 Å². The van der Waals surface area contributed by atoms with E-state index in [9.17, 15) is 0 Å². The number of hydrogen-bond acceptors (Lipinski definition) is 7. The number of methoxy groups -OCH3 is 1. The van der Waals surface area contributed by atoms with Crippen LogP contribution < -0.4 is 4.74 Å². The highest BCUT2D eigenvalue weighted by Crippen LogP contribution is 2.39. The molecular weight excluding hydrogens is 422 g/mol. The summed E-state index contributed by atoms with van der Waals surface area (Å²) in [6.07, 6.45) is 3.10. The second-order valence-electron chi connectivity index (χ2n) is 6.96. The molecule has 0 aliphatic heterocycles. The monoisotopic (exact) mass is 441 g/mol. The third-order valence-electron chi connectivity index (χ3n) is 4.98. The van der Waals surface area contributed by atoms with E-state index in [2.05, 4.69) is 19.7 Å². The van der Waals surface area contributed by atoms with Crippen molar-refractivity contribution in [3.8, 4) is 40.0 Å². The molecule has 2 aromatic carbocycles. The Hall–Kier alpha value is -3.91. The minimum Gasteiger partial charge on any atom is -0.497 e. The maximum absolute atomic E-state index is 5.30. The molecule has 0 N–H and O–H groups in total. The number of nitrogens with zero attached hydrogens (tertiary/aromatic N) is 5. The van der Waals surface area contributed by atoms with Crippen LogP contribution in [0.1, 0.15) is 0 Å². The lowest BCUT2D eigenvalue weighted by Crippen LogP contribution is -1.96. The maximum Gasteiger partial charge on any atom is 0.247 e. The van der Waals surface area contributed by atoms with Crippen molar-refractivity contribution >= 4 is 11.8 Å². The largest absolute Gasteiger partial charge is 0.497 e. The number of rotatable bonds is 6. The van der Waals surface area contributed by atoms with E-state index < -0.39 is 0 Å². The third-order valence-corrected chi connectivity index (χ3v) is 6.14. The van der Waals surface area contributed by atoms with Gasteiger partial charge in [-0.3, -0.25) is 4.98 Å². The van der Waals surface area contributed by atoms with Gasteiger partial charge in [-0.1, -0.05) is 30.0 Å². The zero-order chi connectivity index (χ0) is 21.9. The van der Waals surface area contributed by atoms with Crippen molar-refractivity contribution in [3.05, 3.63) is 79.3 Å². The fourth-order valence-corrected chi connectivity index (χ4v) is 4.32. The number of aromatic nitrogens is 5. The third kappa shape index (κ3) is 3.88. The number of benzene rings is 2. The number of hydrogen-bond donors (Lipinski definition) is 0. The van der Waals surface area contributed by atoms with Crippen molar-refractivity contribution in [2.24, 2.45) is 7.05 Å². The van der Waals surface area contributed by atoms with Crippen molar-refractivity contribution < 1.29 is 9.15 Å². The Bertz CT molecular complexity index is 1320. The van der Waals surface area contributed by atoms with Gasteiger partial charge in [-0.05, 0) is 48.5 Å². The van der Waals surface area contributed by atoms with Gasteiger partial charge in [-0.25, -0.2) is 4.98 Å². The van der Waals surface area contributed by atoms with Gasteiger partial charge < -0.3 is 13.7 Å². The minimum absolute atomic E-state index is 0.486. The highest BCUT2D eigenvalue weighted by molar-refractivity contribution is 7.99. The summed E-state index contributed by atoms with van der Waals surface area (Å²) in [5.41, 5.74) is 3.55. The number of pyridine rings is 1. The van der Waals surface area contributed by atoms with E-state index in [1.54, 1.807) is 25.1 Å². The van der Waals surface area contributed by atoms with Crippen LogP contribution in [0, 0.1) is 0 Å². The molecule has 0 unspecified atom stereocenters. The van der Waals surface area contributed by atoms with Crippen molar-refractivity contribution in [2.45, 2.75) is 9.92 Å². The summed E-state index contributed by atoms with van der Waals surface area (Å²) < 4.78 is 12.7. The molecule has 0 bridgehead atoms. The molecule has 0 saturated carbocycles. The maximum atomic E-state index is 5.30. The first-order chi connectivity index (χ1) is 15.7. The number of ether oxygens (including phenoxy) is 1. The van der Waals surface area contributed by atoms with Crippen molar-refractivity contribution in [2.75, 3.05) is 7.11 Å². The van der Waals surface area contributed by atoms with Gasteiger partial charge in [0.15, 0.2) is 5.82 Å². The molecule has 3 heterocycles. The van der Waals surface area contributed by atoms with Crippen LogP contribution in [0.25, 0.3) is 34.2 Å². The zero-order valence-corrected chi connectivity index (χ0v) is 18.3. The Labute approximate surface area is 189 Å². The van der Waals surface area contributed by atoms with Crippen LogP contribution in [-0.2, 0) is 7.05 Å². The van der Waals surface area contributed by atoms with E-state index in [0.29, 0.717) is 5.89 Å². The first-order valence-electron chi connectivity index (χ1n) is 9.90. The van der Waals surface area contributed by atoms with Gasteiger partial charge in [0.25, 0.3) is 0 Å². The molecule has 0 saturated heterocycles. The molecule has 158 valence electrons. The molecule has 0 aliphatic rings. The lowest BCUT2D eigenvalue weighted by atomic mass is 10.1. The minimum atomic E-state index is 0.486. The Kier molecular flexibility index (Phi) is 5.43. The molecule has 3 aromatic heterocycles. The fourth-order valence-electron chi connectivity index (χ4n) is 3.34. The first kappa shape index (κ1) is 20.0. The highest BCUT2D eigenvalue weighted by atomic mass is 32.2. The molecular formula is C24H19N5O2S. The molecule has 0 amide bonds. The highest BCUT2D eigenvalue weighted by Gasteiger charge is 2.19. The van der Waals surface area contributed by atoms with Crippen molar-refractivity contribution in [3.63, 3.8) is 0 Å². The molecule has 0 radical (unpaired) electrons. The lowest BCUT2D eigenvalue weighted by Gasteiger charge is -2.08. The molecule has 0 aliphatic carbocycles. The molecule has 5 rings (SSSR count). The molecule has 0 spiro atoms. The molecule has 8 heteroatoms. The zero-order valence-electron chi connectivity index (χ0n) is 17.5. The fraction of sp³-hybridized carbons (Fsp3) is 0.0833. The van der Waals surface area contributed by atoms with E-state index in [1.165, 1.54) is 6.39 Å². The second kappa shape index (κ2) is 8.68. The van der Waals surface area contributed by atoms with Crippen LogP contribution in [0.2, 0.25) is 0 Å². The van der Waals surface area contributed by atoms with Crippen molar-refractivity contribution in [1.82, 2.24) is 24.7 Å². The molecule has 32 heavy (non-hydrogen) atoms. The van der Waals surface area contributed by atoms with Gasteiger partial charge in [0.1, 0.15) is 22.2 Å². The van der Waals surface area contributed by atoms with Crippen LogP contribution in [-0.4, -0.2) is 31.8 Å². The predicted molar refractivity (Wildman–Crippen MR) is 122 cm³/mol. The summed E-state index contributed by atoms with van der Waals surface area (Å²) in [5.74, 6) is 2.11. The molecule has 0 atom stereocenters. The van der Waals surface area contributed by atoms with E-state index in [-0.39, 0.29) is 0 Å². The van der Waals surface area contributed by atoms with Crippen LogP contribution in [0.15, 0.2) is 93.7 Å². The van der Waals surface area contributed by atoms with E-state index in [1.807, 2.05) is 73.8 Å². The van der Waals surface area contributed by atoms with Gasteiger partial charge in [-0.15, -0.1) is 10.2 Å². The average molecular weight is 442 g/mol. The van der Waals surface area contributed by atoms with Gasteiger partial charge in [0, 0.05) is 29.3 Å². The molecule has 7 nitrogen and oxygen atoms in total. The standard InChI is InChI=1S/C24H19N5O2S/c1-29-22(20-5-3-4-14-25-20)27-21(24(29)32-19-12-10-18(30-2)11-13-19)16-6-8-17(9-7-16)23-28-26-15-31-23/h3-15H,1-2H3. The molecule has 5 aromatic rings. The summed E-state index contributed by atoms with van der Waals surface area (Å²) in [6, 6.07) is 21.8. The Morgan fingerprint density at radius 1 is 0.938 bits per heavy atom. The Morgan fingerprint density at radius 3 is 2.38 bits per heavy atom. The Morgan fingerprint density at radius 2 is 1.72 bits per heavy atom. The molecule has 0 fully saturated rings. The van der Waals surface area contributed by atoms with Gasteiger partial charge in [0.05, 0.1) is 7.11 Å². The summed E-state index contributed by atoms with van der Waals surface area (Å²) in [5, 5.41) is 8.74. The van der Waals surface area contributed by atoms with Gasteiger partial charge in [0.2, 0.25) is 12.3 Å². The average Bonchev–Trinajstić information content (AvgIpc) is 3.50. The van der Waals surface area contributed by atoms with Crippen molar-refractivity contribution in [1.29, 1.82) is 0 Å². The topological polar surface area (TPSA) is 78.9 Å². The number of imidazole rings is 1. The van der Waals surface area contributed by atoms with Crippen LogP contribution >= 0.6 is 11.8 Å². The summed E-state index contributed by atoms with van der Waals surface area (Å²) in [4.78, 5) is 10.6. The quantitative estimate of drug-likeness (QED) is 0.351. The van der Waals surface area contributed by atoms with E-state index in [0.717, 1.165) is 44.0 Å². The van der Waals surface area contributed by atoms with Crippen LogP contribution in [0.4, 0.5) is 0 Å². The lowest BCUT2D eigenvalue weighted by molar-refractivity contribution is 0.414. The second-order valence-corrected chi connectivity index (χ2v) is 8.02. The predicted octanol–water partition coefficient (Wildman–Crippen LogP) is 5.36. The van der Waals surface area contributed by atoms with E-state index in [4.69, 9.17) is 14.1 Å². The Balaban J connectivity index is 1.58. The van der Waals surface area contributed by atoms with E-state index >= 15 is 0 Å². The first-order valence-corrected chi connectivity index (χ1v) is 10.7. The van der Waals surface area contributed by atoms with Gasteiger partial charge >= 0.3 is 0 Å². The smallest absolute Gasteiger partial charge is 0.247 e. The summed E-state index contributed by atoms with van der Waals surface area (Å²) in [6.45, 7) is 0. The van der Waals surface area contributed by atoms with Crippen LogP contribution in [0.3, 0.4) is 0 Å². The normalized spacial score (nSPS) is 10.9. The summed E-state index contributed by atoms with van der Waals surface area (Å²) >= 11 is 1.65. The van der Waals surface area contributed by atoms with Gasteiger partial charge in [-0.2, -0.15) is 0 Å². The summed E-state index contributed by atoms with van der Waals surface area (Å²) in [7, 11) is 3.68. The SMILES string of the molecule is COc1ccc(Sc2c(-c3ccc(-c4nnco4)cc3)nc(-c3ccccn3)n2C)cc1.